The summed E-state index contributed by atoms with van der Waals surface area (Å²) >= 11 is 0. The first kappa shape index (κ1) is 12.9. The first-order valence-corrected chi connectivity index (χ1v) is 6.16. The Morgan fingerprint density at radius 3 is 2.61 bits per heavy atom. The monoisotopic (exact) mass is 245 g/mol. The van der Waals surface area contributed by atoms with E-state index in [2.05, 4.69) is 30.3 Å². The fourth-order valence-corrected chi connectivity index (χ4v) is 2.07. The molecule has 3 nitrogen and oxygen atoms in total. The van der Waals surface area contributed by atoms with Crippen molar-refractivity contribution >= 4 is 10.8 Å². The molecule has 0 atom stereocenters. The molecule has 2 aromatic rings. The molecule has 0 fully saturated rings. The van der Waals surface area contributed by atoms with Crippen LogP contribution in [0, 0.1) is 0 Å². The molecule has 0 saturated heterocycles. The van der Waals surface area contributed by atoms with Crippen molar-refractivity contribution in [1.29, 1.82) is 0 Å². The number of methoxy groups -OCH3 is 1. The minimum Gasteiger partial charge on any atom is -0.497 e. The summed E-state index contributed by atoms with van der Waals surface area (Å²) in [6.07, 6.45) is 1.92. The third kappa shape index (κ3) is 3.22. The molecule has 0 aliphatic heterocycles. The molecule has 0 aliphatic carbocycles. The van der Waals surface area contributed by atoms with Gasteiger partial charge in [-0.15, -0.1) is 0 Å². The number of hydrogen-bond donors (Lipinski definition) is 1. The van der Waals surface area contributed by atoms with E-state index in [0.29, 0.717) is 6.54 Å². The molecule has 0 heterocycles. The molecular formula is C15H19NO2. The second-order valence-electron chi connectivity index (χ2n) is 4.53. The Balaban J connectivity index is 2.15. The lowest BCUT2D eigenvalue weighted by molar-refractivity contribution is -0.0651. The molecule has 1 N–H and O–H groups in total. The maximum absolute atomic E-state index is 9.09. The number of ether oxygens (including phenoxy) is 1. The molecule has 0 aromatic heterocycles. The second kappa shape index (κ2) is 5.85. The van der Waals surface area contributed by atoms with Gasteiger partial charge in [-0.1, -0.05) is 24.3 Å². The predicted molar refractivity (Wildman–Crippen MR) is 73.2 cm³/mol. The van der Waals surface area contributed by atoms with Gasteiger partial charge in [0.1, 0.15) is 5.75 Å². The lowest BCUT2D eigenvalue weighted by Gasteiger charge is -2.08. The first-order valence-electron chi connectivity index (χ1n) is 6.16. The zero-order chi connectivity index (χ0) is 13.0. The number of hydrogen-bond acceptors (Lipinski definition) is 3. The molecule has 3 heteroatoms. The van der Waals surface area contributed by atoms with Gasteiger partial charge in [-0.05, 0) is 41.3 Å². The highest BCUT2D eigenvalue weighted by Crippen LogP contribution is 2.22. The number of nitrogens with zero attached hydrogens (tertiary/aromatic N) is 1. The zero-order valence-corrected chi connectivity index (χ0v) is 10.9. The summed E-state index contributed by atoms with van der Waals surface area (Å²) < 4.78 is 5.24. The van der Waals surface area contributed by atoms with Crippen molar-refractivity contribution < 1.29 is 9.94 Å². The van der Waals surface area contributed by atoms with Crippen molar-refractivity contribution in [2.75, 3.05) is 20.7 Å². The standard InChI is InChI=1S/C15H19NO2/c1-16(17)9-3-4-12-5-6-13-7-8-15(18-2)11-14(13)10-12/h5-8,10-11,17H,3-4,9H2,1-2H3. The van der Waals surface area contributed by atoms with Crippen molar-refractivity contribution in [3.05, 3.63) is 42.0 Å². The molecule has 0 bridgehead atoms. The molecule has 0 amide bonds. The van der Waals surface area contributed by atoms with E-state index in [0.717, 1.165) is 18.6 Å². The topological polar surface area (TPSA) is 32.7 Å². The Hall–Kier alpha value is -1.58. The highest BCUT2D eigenvalue weighted by Gasteiger charge is 2.00. The molecule has 2 rings (SSSR count). The fourth-order valence-electron chi connectivity index (χ4n) is 2.07. The van der Waals surface area contributed by atoms with Crippen LogP contribution in [0.2, 0.25) is 0 Å². The highest BCUT2D eigenvalue weighted by molar-refractivity contribution is 5.84. The lowest BCUT2D eigenvalue weighted by atomic mass is 10.0. The molecule has 96 valence electrons. The second-order valence-corrected chi connectivity index (χ2v) is 4.53. The molecule has 0 aliphatic rings. The van der Waals surface area contributed by atoms with Crippen LogP contribution < -0.4 is 4.74 Å². The Morgan fingerprint density at radius 1 is 1.11 bits per heavy atom. The van der Waals surface area contributed by atoms with E-state index in [4.69, 9.17) is 9.94 Å². The van der Waals surface area contributed by atoms with E-state index in [9.17, 15) is 0 Å². The quantitative estimate of drug-likeness (QED) is 0.822. The lowest BCUT2D eigenvalue weighted by Crippen LogP contribution is -2.14. The average molecular weight is 245 g/mol. The van der Waals surface area contributed by atoms with Crippen LogP contribution in [0.15, 0.2) is 36.4 Å². The molecule has 0 saturated carbocycles. The molecular weight excluding hydrogens is 226 g/mol. The van der Waals surface area contributed by atoms with Gasteiger partial charge in [0.25, 0.3) is 0 Å². The van der Waals surface area contributed by atoms with E-state index in [1.54, 1.807) is 14.2 Å². The van der Waals surface area contributed by atoms with Crippen LogP contribution in [0.4, 0.5) is 0 Å². The third-order valence-electron chi connectivity index (χ3n) is 3.06. The smallest absolute Gasteiger partial charge is 0.119 e. The van der Waals surface area contributed by atoms with Crippen LogP contribution in [-0.2, 0) is 6.42 Å². The van der Waals surface area contributed by atoms with Gasteiger partial charge in [0.15, 0.2) is 0 Å². The summed E-state index contributed by atoms with van der Waals surface area (Å²) in [5.41, 5.74) is 1.29. The fraction of sp³-hybridized carbons (Fsp3) is 0.333. The summed E-state index contributed by atoms with van der Waals surface area (Å²) in [5.74, 6) is 0.884. The van der Waals surface area contributed by atoms with Crippen molar-refractivity contribution in [1.82, 2.24) is 5.06 Å². The summed E-state index contributed by atoms with van der Waals surface area (Å²) in [7, 11) is 3.35. The molecule has 18 heavy (non-hydrogen) atoms. The van der Waals surface area contributed by atoms with Crippen molar-refractivity contribution in [3.63, 3.8) is 0 Å². The van der Waals surface area contributed by atoms with E-state index < -0.39 is 0 Å². The van der Waals surface area contributed by atoms with Crippen LogP contribution in [-0.4, -0.2) is 31.0 Å². The van der Waals surface area contributed by atoms with Gasteiger partial charge in [-0.25, -0.2) is 0 Å². The van der Waals surface area contributed by atoms with Gasteiger partial charge in [0.2, 0.25) is 0 Å². The molecule has 2 aromatic carbocycles. The SMILES string of the molecule is COc1ccc2ccc(CCCN(C)O)cc2c1. The number of benzene rings is 2. The Morgan fingerprint density at radius 2 is 1.89 bits per heavy atom. The normalized spacial score (nSPS) is 11.1. The molecule has 0 spiro atoms. The highest BCUT2D eigenvalue weighted by atomic mass is 16.5. The number of hydroxylamine groups is 2. The Kier molecular flexibility index (Phi) is 4.18. The van der Waals surface area contributed by atoms with Crippen LogP contribution in [0.3, 0.4) is 0 Å². The number of aryl methyl sites for hydroxylation is 1. The summed E-state index contributed by atoms with van der Waals surface area (Å²) in [5, 5.41) is 12.7. The van der Waals surface area contributed by atoms with Crippen molar-refractivity contribution in [3.8, 4) is 5.75 Å². The van der Waals surface area contributed by atoms with Crippen LogP contribution in [0.25, 0.3) is 10.8 Å². The van der Waals surface area contributed by atoms with Gasteiger partial charge in [0.05, 0.1) is 7.11 Å². The minimum atomic E-state index is 0.691. The van der Waals surface area contributed by atoms with Gasteiger partial charge in [-0.3, -0.25) is 0 Å². The van der Waals surface area contributed by atoms with Crippen LogP contribution >= 0.6 is 0 Å². The predicted octanol–water partition coefficient (Wildman–Crippen LogP) is 3.10. The number of rotatable bonds is 5. The zero-order valence-electron chi connectivity index (χ0n) is 10.9. The molecule has 0 unspecified atom stereocenters. The first-order chi connectivity index (χ1) is 8.69. The van der Waals surface area contributed by atoms with Gasteiger partial charge in [-0.2, -0.15) is 5.06 Å². The van der Waals surface area contributed by atoms with E-state index >= 15 is 0 Å². The Bertz CT molecular complexity index is 523. The van der Waals surface area contributed by atoms with Gasteiger partial charge >= 0.3 is 0 Å². The van der Waals surface area contributed by atoms with Gasteiger partial charge < -0.3 is 9.94 Å². The maximum Gasteiger partial charge on any atom is 0.119 e. The number of fused-ring (bicyclic) bond motifs is 1. The van der Waals surface area contributed by atoms with Gasteiger partial charge in [0, 0.05) is 13.6 Å². The van der Waals surface area contributed by atoms with E-state index in [1.807, 2.05) is 6.07 Å². The molecule has 0 radical (unpaired) electrons. The summed E-state index contributed by atoms with van der Waals surface area (Å²) in [4.78, 5) is 0. The van der Waals surface area contributed by atoms with E-state index in [1.165, 1.54) is 21.4 Å². The minimum absolute atomic E-state index is 0.691. The average Bonchev–Trinajstić information content (AvgIpc) is 2.37. The maximum atomic E-state index is 9.09. The third-order valence-corrected chi connectivity index (χ3v) is 3.06. The largest absolute Gasteiger partial charge is 0.497 e. The van der Waals surface area contributed by atoms with Crippen LogP contribution in [0.5, 0.6) is 5.75 Å². The summed E-state index contributed by atoms with van der Waals surface area (Å²) in [6.45, 7) is 0.691. The van der Waals surface area contributed by atoms with Crippen molar-refractivity contribution in [2.45, 2.75) is 12.8 Å². The van der Waals surface area contributed by atoms with E-state index in [-0.39, 0.29) is 0 Å². The van der Waals surface area contributed by atoms with Crippen molar-refractivity contribution in [2.24, 2.45) is 0 Å². The van der Waals surface area contributed by atoms with Crippen LogP contribution in [0.1, 0.15) is 12.0 Å². The summed E-state index contributed by atoms with van der Waals surface area (Å²) in [6, 6.07) is 12.6. The Labute approximate surface area is 108 Å².